The number of hydroxylamine groups is 1. The molecule has 0 spiro atoms. The number of carbonyl (C=O) groups is 1. The Bertz CT molecular complexity index is 1380. The van der Waals surface area contributed by atoms with Gasteiger partial charge in [-0.2, -0.15) is 10.2 Å². The summed E-state index contributed by atoms with van der Waals surface area (Å²) in [5.74, 6) is -2.45. The SMILES string of the molecule is CONC(=O)[C@@H]1[C@H](O)[C@]2(O)c3c(cc(OC)nc3OC)O[C@]2(c2ccc(C#N)cc2)[C@H]1c1ccccc1. The number of carbonyl (C=O) groups excluding carboxylic acids is 1. The van der Waals surface area contributed by atoms with Crippen LogP contribution < -0.4 is 19.7 Å². The molecule has 10 heteroatoms. The molecule has 5 atom stereocenters. The first-order valence-electron chi connectivity index (χ1n) is 11.5. The van der Waals surface area contributed by atoms with Gasteiger partial charge in [0.1, 0.15) is 11.9 Å². The number of aliphatic hydroxyl groups is 2. The summed E-state index contributed by atoms with van der Waals surface area (Å²) in [5.41, 5.74) is -0.0965. The van der Waals surface area contributed by atoms with E-state index in [2.05, 4.69) is 16.5 Å². The molecular formula is C27H25N3O7. The summed E-state index contributed by atoms with van der Waals surface area (Å²) in [6.45, 7) is 0. The van der Waals surface area contributed by atoms with Gasteiger partial charge in [-0.25, -0.2) is 5.48 Å². The summed E-state index contributed by atoms with van der Waals surface area (Å²) in [4.78, 5) is 22.6. The molecule has 0 radical (unpaired) electrons. The van der Waals surface area contributed by atoms with Gasteiger partial charge < -0.3 is 24.4 Å². The Morgan fingerprint density at radius 3 is 2.41 bits per heavy atom. The second-order valence-corrected chi connectivity index (χ2v) is 8.87. The van der Waals surface area contributed by atoms with Gasteiger partial charge in [-0.15, -0.1) is 0 Å². The van der Waals surface area contributed by atoms with Gasteiger partial charge in [0.05, 0.1) is 44.4 Å². The normalized spacial score (nSPS) is 27.4. The second-order valence-electron chi connectivity index (χ2n) is 8.87. The van der Waals surface area contributed by atoms with Crippen molar-refractivity contribution in [1.29, 1.82) is 5.26 Å². The topological polar surface area (TPSA) is 143 Å². The summed E-state index contributed by atoms with van der Waals surface area (Å²) < 4.78 is 17.5. The zero-order valence-electron chi connectivity index (χ0n) is 20.3. The highest BCUT2D eigenvalue weighted by Crippen LogP contribution is 2.69. The maximum atomic E-state index is 13.4. The second kappa shape index (κ2) is 9.05. The molecule has 1 saturated carbocycles. The monoisotopic (exact) mass is 503 g/mol. The standard InChI is InChI=1S/C27H25N3O7/c1-34-19-13-18-22(25(29-19)35-2)26(33)23(31)20(24(32)30-36-3)21(16-7-5-4-6-8-16)27(26,37-18)17-11-9-15(14-28)10-12-17/h4-13,20-21,23,31,33H,1-3H3,(H,30,32)/t20-,21-,23-,26+,27+/m0/s1. The molecule has 3 N–H and O–H groups in total. The van der Waals surface area contributed by atoms with Crippen molar-refractivity contribution in [3.05, 3.63) is 82.9 Å². The van der Waals surface area contributed by atoms with Crippen LogP contribution in [-0.2, 0) is 20.8 Å². The van der Waals surface area contributed by atoms with E-state index >= 15 is 0 Å². The summed E-state index contributed by atoms with van der Waals surface area (Å²) in [6, 6.07) is 19.0. The number of amides is 1. The van der Waals surface area contributed by atoms with E-state index in [0.29, 0.717) is 16.7 Å². The summed E-state index contributed by atoms with van der Waals surface area (Å²) in [6.07, 6.45) is -1.69. The summed E-state index contributed by atoms with van der Waals surface area (Å²) in [7, 11) is 4.09. The lowest BCUT2D eigenvalue weighted by Gasteiger charge is -2.40. The first-order valence-corrected chi connectivity index (χ1v) is 11.5. The Labute approximate surface area is 213 Å². The van der Waals surface area contributed by atoms with Gasteiger partial charge in [0.2, 0.25) is 17.7 Å². The van der Waals surface area contributed by atoms with Crippen LogP contribution in [0, 0.1) is 17.2 Å². The number of aliphatic hydroxyl groups excluding tert-OH is 1. The van der Waals surface area contributed by atoms with Crippen LogP contribution in [0.3, 0.4) is 0 Å². The Hall–Kier alpha value is -4.17. The molecule has 1 fully saturated rings. The molecule has 1 aliphatic carbocycles. The maximum Gasteiger partial charge on any atom is 0.250 e. The molecule has 2 aromatic carbocycles. The third-order valence-corrected chi connectivity index (χ3v) is 7.22. The Morgan fingerprint density at radius 2 is 1.81 bits per heavy atom. The lowest BCUT2D eigenvalue weighted by molar-refractivity contribution is -0.157. The summed E-state index contributed by atoms with van der Waals surface area (Å²) in [5, 5.41) is 33.9. The molecular weight excluding hydrogens is 478 g/mol. The molecule has 190 valence electrons. The van der Waals surface area contributed by atoms with Gasteiger partial charge in [-0.05, 0) is 23.3 Å². The number of nitrogens with zero attached hydrogens (tertiary/aromatic N) is 2. The minimum Gasteiger partial charge on any atom is -0.481 e. The predicted molar refractivity (Wildman–Crippen MR) is 129 cm³/mol. The van der Waals surface area contributed by atoms with Crippen LogP contribution in [0.25, 0.3) is 0 Å². The molecule has 1 aromatic heterocycles. The lowest BCUT2D eigenvalue weighted by atomic mass is 9.70. The number of fused-ring (bicyclic) bond motifs is 3. The highest BCUT2D eigenvalue weighted by Gasteiger charge is 2.78. The van der Waals surface area contributed by atoms with Crippen molar-refractivity contribution < 1.29 is 34.1 Å². The van der Waals surface area contributed by atoms with Gasteiger partial charge in [0.15, 0.2) is 11.2 Å². The molecule has 10 nitrogen and oxygen atoms in total. The third kappa shape index (κ3) is 3.29. The van der Waals surface area contributed by atoms with Crippen LogP contribution in [0.1, 0.15) is 28.2 Å². The van der Waals surface area contributed by atoms with Crippen molar-refractivity contribution in [2.45, 2.75) is 23.2 Å². The number of nitriles is 1. The molecule has 2 aliphatic rings. The molecule has 0 unspecified atom stereocenters. The minimum absolute atomic E-state index is 0.0222. The summed E-state index contributed by atoms with van der Waals surface area (Å²) >= 11 is 0. The smallest absolute Gasteiger partial charge is 0.250 e. The van der Waals surface area contributed by atoms with E-state index in [1.54, 1.807) is 48.5 Å². The number of nitrogens with one attached hydrogen (secondary N) is 1. The van der Waals surface area contributed by atoms with E-state index in [4.69, 9.17) is 19.0 Å². The Kier molecular flexibility index (Phi) is 6.00. The number of ether oxygens (including phenoxy) is 3. The zero-order valence-corrected chi connectivity index (χ0v) is 20.3. The van der Waals surface area contributed by atoms with E-state index in [9.17, 15) is 20.3 Å². The van der Waals surface area contributed by atoms with Crippen molar-refractivity contribution in [3.63, 3.8) is 0 Å². The van der Waals surface area contributed by atoms with E-state index in [1.165, 1.54) is 27.4 Å². The fraction of sp³-hybridized carbons (Fsp3) is 0.296. The highest BCUT2D eigenvalue weighted by molar-refractivity contribution is 5.82. The zero-order chi connectivity index (χ0) is 26.4. The van der Waals surface area contributed by atoms with Crippen molar-refractivity contribution in [2.24, 2.45) is 5.92 Å². The van der Waals surface area contributed by atoms with Crippen LogP contribution in [0.4, 0.5) is 0 Å². The van der Waals surface area contributed by atoms with Gasteiger partial charge in [0.25, 0.3) is 0 Å². The van der Waals surface area contributed by atoms with Crippen LogP contribution in [0.15, 0.2) is 60.7 Å². The minimum atomic E-state index is -2.21. The highest BCUT2D eigenvalue weighted by atomic mass is 16.6. The van der Waals surface area contributed by atoms with Crippen molar-refractivity contribution in [3.8, 4) is 23.6 Å². The van der Waals surface area contributed by atoms with Crippen molar-refractivity contribution >= 4 is 5.91 Å². The number of aromatic nitrogens is 1. The molecule has 2 heterocycles. The average Bonchev–Trinajstić information content (AvgIpc) is 3.31. The van der Waals surface area contributed by atoms with Crippen molar-refractivity contribution in [2.75, 3.05) is 21.3 Å². The van der Waals surface area contributed by atoms with Gasteiger partial charge in [-0.3, -0.25) is 9.63 Å². The Balaban J connectivity index is 1.88. The molecule has 0 bridgehead atoms. The number of hydrogen-bond acceptors (Lipinski definition) is 9. The molecule has 3 aromatic rings. The number of benzene rings is 2. The van der Waals surface area contributed by atoms with Crippen LogP contribution in [0.2, 0.25) is 0 Å². The van der Waals surface area contributed by atoms with Gasteiger partial charge in [-0.1, -0.05) is 42.5 Å². The largest absolute Gasteiger partial charge is 0.481 e. The number of hydrogen-bond donors (Lipinski definition) is 3. The fourth-order valence-electron chi connectivity index (χ4n) is 5.78. The van der Waals surface area contributed by atoms with E-state index in [0.717, 1.165) is 0 Å². The fourth-order valence-corrected chi connectivity index (χ4v) is 5.78. The van der Waals surface area contributed by atoms with Gasteiger partial charge in [0, 0.05) is 12.0 Å². The first kappa shape index (κ1) is 24.5. The molecule has 1 aliphatic heterocycles. The van der Waals surface area contributed by atoms with Crippen LogP contribution in [-0.4, -0.2) is 48.5 Å². The van der Waals surface area contributed by atoms with Crippen LogP contribution >= 0.6 is 0 Å². The Morgan fingerprint density at radius 1 is 1.11 bits per heavy atom. The quantitative estimate of drug-likeness (QED) is 0.430. The molecule has 5 rings (SSSR count). The average molecular weight is 504 g/mol. The van der Waals surface area contributed by atoms with Crippen molar-refractivity contribution in [1.82, 2.24) is 10.5 Å². The van der Waals surface area contributed by atoms with E-state index < -0.39 is 35.0 Å². The predicted octanol–water partition coefficient (Wildman–Crippen LogP) is 1.90. The molecule has 1 amide bonds. The first-order chi connectivity index (χ1) is 17.9. The molecule has 37 heavy (non-hydrogen) atoms. The van der Waals surface area contributed by atoms with Gasteiger partial charge >= 0.3 is 0 Å². The number of pyridine rings is 1. The lowest BCUT2D eigenvalue weighted by Crippen LogP contribution is -2.52. The third-order valence-electron chi connectivity index (χ3n) is 7.22. The number of rotatable bonds is 6. The van der Waals surface area contributed by atoms with Crippen LogP contribution in [0.5, 0.6) is 17.5 Å². The maximum absolute atomic E-state index is 13.4. The molecule has 0 saturated heterocycles. The van der Waals surface area contributed by atoms with E-state index in [1.807, 2.05) is 6.07 Å². The number of methoxy groups -OCH3 is 2. The van der Waals surface area contributed by atoms with E-state index in [-0.39, 0.29) is 23.1 Å².